The van der Waals surface area contributed by atoms with Gasteiger partial charge < -0.3 is 19.7 Å². The van der Waals surface area contributed by atoms with Gasteiger partial charge in [-0.2, -0.15) is 5.10 Å². The van der Waals surface area contributed by atoms with Crippen molar-refractivity contribution in [2.24, 2.45) is 0 Å². The van der Waals surface area contributed by atoms with E-state index in [1.807, 2.05) is 19.9 Å². The second-order valence-corrected chi connectivity index (χ2v) is 10.4. The van der Waals surface area contributed by atoms with Crippen molar-refractivity contribution in [1.29, 1.82) is 0 Å². The van der Waals surface area contributed by atoms with Gasteiger partial charge in [0.1, 0.15) is 12.1 Å². The molecule has 1 aliphatic rings. The molecule has 1 fully saturated rings. The Morgan fingerprint density at radius 1 is 1.30 bits per heavy atom. The minimum Gasteiger partial charge on any atom is -0.444 e. The molecule has 1 aliphatic heterocycles. The Balaban J connectivity index is 1.76. The molecule has 2 amide bonds. The van der Waals surface area contributed by atoms with Gasteiger partial charge in [-0.05, 0) is 44.9 Å². The molecule has 1 aromatic carbocycles. The molecule has 2 heterocycles. The number of benzene rings is 1. The van der Waals surface area contributed by atoms with Gasteiger partial charge >= 0.3 is 6.09 Å². The SMILES string of the molecule is CC(C)c1nn(CC(=O)NC2COCCN(C(=O)OC(C)(C)C)C2)c(=O)c2ccc(Br)cc12. The van der Waals surface area contributed by atoms with Gasteiger partial charge in [-0.15, -0.1) is 0 Å². The van der Waals surface area contributed by atoms with Crippen LogP contribution in [0.5, 0.6) is 0 Å². The van der Waals surface area contributed by atoms with Crippen LogP contribution in [0.4, 0.5) is 4.79 Å². The quantitative estimate of drug-likeness (QED) is 0.661. The number of nitrogens with one attached hydrogen (secondary N) is 1. The third-order valence-electron chi connectivity index (χ3n) is 5.07. The summed E-state index contributed by atoms with van der Waals surface area (Å²) in [7, 11) is 0. The highest BCUT2D eigenvalue weighted by Gasteiger charge is 2.28. The molecule has 0 bridgehead atoms. The number of halogens is 1. The van der Waals surface area contributed by atoms with E-state index in [1.165, 1.54) is 9.58 Å². The van der Waals surface area contributed by atoms with Crippen LogP contribution in [-0.4, -0.2) is 64.6 Å². The molecule has 10 heteroatoms. The zero-order valence-corrected chi connectivity index (χ0v) is 21.3. The second kappa shape index (κ2) is 10.2. The number of hydrogen-bond acceptors (Lipinski definition) is 6. The maximum absolute atomic E-state index is 13.0. The average Bonchev–Trinajstić information content (AvgIpc) is 2.94. The summed E-state index contributed by atoms with van der Waals surface area (Å²) in [5, 5.41) is 8.63. The van der Waals surface area contributed by atoms with Crippen molar-refractivity contribution in [3.8, 4) is 0 Å². The lowest BCUT2D eigenvalue weighted by atomic mass is 10.0. The van der Waals surface area contributed by atoms with E-state index in [0.717, 1.165) is 15.6 Å². The van der Waals surface area contributed by atoms with E-state index in [2.05, 4.69) is 26.3 Å². The summed E-state index contributed by atoms with van der Waals surface area (Å²) < 4.78 is 13.1. The molecular formula is C23H31BrN4O5. The van der Waals surface area contributed by atoms with Crippen LogP contribution in [0.15, 0.2) is 27.5 Å². The highest BCUT2D eigenvalue weighted by Crippen LogP contribution is 2.24. The van der Waals surface area contributed by atoms with E-state index in [9.17, 15) is 14.4 Å². The molecular weight excluding hydrogens is 492 g/mol. The van der Waals surface area contributed by atoms with Gasteiger partial charge in [0.05, 0.1) is 30.3 Å². The number of hydrogen-bond donors (Lipinski definition) is 1. The van der Waals surface area contributed by atoms with E-state index in [4.69, 9.17) is 9.47 Å². The predicted octanol–water partition coefficient (Wildman–Crippen LogP) is 3.03. The van der Waals surface area contributed by atoms with Crippen molar-refractivity contribution < 1.29 is 19.1 Å². The largest absolute Gasteiger partial charge is 0.444 e. The van der Waals surface area contributed by atoms with E-state index in [-0.39, 0.29) is 37.1 Å². The number of aromatic nitrogens is 2. The Labute approximate surface area is 201 Å². The van der Waals surface area contributed by atoms with Crippen molar-refractivity contribution in [2.75, 3.05) is 26.3 Å². The van der Waals surface area contributed by atoms with Gasteiger partial charge in [0.15, 0.2) is 0 Å². The van der Waals surface area contributed by atoms with Gasteiger partial charge in [0.25, 0.3) is 5.56 Å². The molecule has 0 radical (unpaired) electrons. The van der Waals surface area contributed by atoms with Crippen LogP contribution in [0.25, 0.3) is 10.8 Å². The summed E-state index contributed by atoms with van der Waals surface area (Å²) in [6.07, 6.45) is -0.451. The van der Waals surface area contributed by atoms with E-state index in [1.54, 1.807) is 32.9 Å². The van der Waals surface area contributed by atoms with Crippen molar-refractivity contribution in [3.63, 3.8) is 0 Å². The molecule has 33 heavy (non-hydrogen) atoms. The van der Waals surface area contributed by atoms with Gasteiger partial charge in [-0.1, -0.05) is 29.8 Å². The molecule has 9 nitrogen and oxygen atoms in total. The van der Waals surface area contributed by atoms with Crippen LogP contribution in [0.3, 0.4) is 0 Å². The first kappa shape index (κ1) is 25.2. The predicted molar refractivity (Wildman–Crippen MR) is 128 cm³/mol. The third-order valence-corrected chi connectivity index (χ3v) is 5.57. The fourth-order valence-corrected chi connectivity index (χ4v) is 3.98. The molecule has 0 spiro atoms. The van der Waals surface area contributed by atoms with E-state index in [0.29, 0.717) is 18.5 Å². The van der Waals surface area contributed by atoms with Crippen LogP contribution in [0, 0.1) is 0 Å². The number of ether oxygens (including phenoxy) is 2. The van der Waals surface area contributed by atoms with Gasteiger partial charge in [0, 0.05) is 22.9 Å². The van der Waals surface area contributed by atoms with Crippen LogP contribution in [0.2, 0.25) is 0 Å². The highest BCUT2D eigenvalue weighted by atomic mass is 79.9. The van der Waals surface area contributed by atoms with E-state index >= 15 is 0 Å². The Bertz CT molecular complexity index is 1090. The molecule has 180 valence electrons. The number of carbonyl (C=O) groups excluding carboxylic acids is 2. The summed E-state index contributed by atoms with van der Waals surface area (Å²) in [5.41, 5.74) is -0.201. The third kappa shape index (κ3) is 6.54. The zero-order chi connectivity index (χ0) is 24.3. The van der Waals surface area contributed by atoms with Gasteiger partial charge in [0.2, 0.25) is 5.91 Å². The first-order chi connectivity index (χ1) is 15.4. The molecule has 0 aliphatic carbocycles. The fraction of sp³-hybridized carbons (Fsp3) is 0.565. The Morgan fingerprint density at radius 2 is 2.03 bits per heavy atom. The molecule has 1 unspecified atom stereocenters. The molecule has 3 rings (SSSR count). The van der Waals surface area contributed by atoms with Crippen LogP contribution < -0.4 is 10.9 Å². The lowest BCUT2D eigenvalue weighted by molar-refractivity contribution is -0.123. The zero-order valence-electron chi connectivity index (χ0n) is 19.7. The average molecular weight is 523 g/mol. The smallest absolute Gasteiger partial charge is 0.410 e. The summed E-state index contributed by atoms with van der Waals surface area (Å²) in [5.74, 6) is -0.315. The van der Waals surface area contributed by atoms with Crippen LogP contribution in [-0.2, 0) is 20.8 Å². The number of amides is 2. The monoisotopic (exact) mass is 522 g/mol. The maximum Gasteiger partial charge on any atom is 0.410 e. The van der Waals surface area contributed by atoms with Crippen LogP contribution >= 0.6 is 15.9 Å². The van der Waals surface area contributed by atoms with Gasteiger partial charge in [-0.25, -0.2) is 9.48 Å². The molecule has 1 aromatic heterocycles. The summed E-state index contributed by atoms with van der Waals surface area (Å²) in [4.78, 5) is 39.8. The molecule has 0 saturated carbocycles. The number of rotatable bonds is 4. The highest BCUT2D eigenvalue weighted by molar-refractivity contribution is 9.10. The molecule has 1 atom stereocenters. The normalized spacial score (nSPS) is 17.2. The molecule has 2 aromatic rings. The fourth-order valence-electron chi connectivity index (χ4n) is 3.62. The topological polar surface area (TPSA) is 103 Å². The summed E-state index contributed by atoms with van der Waals surface area (Å²) in [6, 6.07) is 4.98. The summed E-state index contributed by atoms with van der Waals surface area (Å²) in [6.45, 7) is 10.4. The van der Waals surface area contributed by atoms with Crippen molar-refractivity contribution >= 4 is 38.7 Å². The van der Waals surface area contributed by atoms with Crippen molar-refractivity contribution in [1.82, 2.24) is 20.0 Å². The number of fused-ring (bicyclic) bond motifs is 1. The van der Waals surface area contributed by atoms with Crippen molar-refractivity contribution in [2.45, 2.75) is 58.7 Å². The number of nitrogens with zero attached hydrogens (tertiary/aromatic N) is 3. The standard InChI is InChI=1S/C23H31BrN4O5/c1-14(2)20-18-10-15(24)6-7-17(18)21(30)28(26-20)12-19(29)25-16-11-27(8-9-32-13-16)22(31)33-23(3,4)5/h6-7,10,14,16H,8-9,11-13H2,1-5H3,(H,25,29). The Morgan fingerprint density at radius 3 is 2.70 bits per heavy atom. The van der Waals surface area contributed by atoms with Crippen molar-refractivity contribution in [3.05, 3.63) is 38.7 Å². The molecule has 1 N–H and O–H groups in total. The van der Waals surface area contributed by atoms with E-state index < -0.39 is 17.7 Å². The minimum atomic E-state index is -0.615. The lowest BCUT2D eigenvalue weighted by Gasteiger charge is -2.28. The van der Waals surface area contributed by atoms with Gasteiger partial charge in [-0.3, -0.25) is 9.59 Å². The lowest BCUT2D eigenvalue weighted by Crippen LogP contribution is -2.48. The maximum atomic E-state index is 13.0. The Kier molecular flexibility index (Phi) is 7.79. The second-order valence-electron chi connectivity index (χ2n) is 9.46. The first-order valence-corrected chi connectivity index (χ1v) is 11.8. The van der Waals surface area contributed by atoms with Crippen LogP contribution in [0.1, 0.15) is 46.2 Å². The first-order valence-electron chi connectivity index (χ1n) is 11.0. The number of carbonyl (C=O) groups is 2. The molecule has 1 saturated heterocycles. The Hall–Kier alpha value is -2.46. The minimum absolute atomic E-state index is 0.0642. The summed E-state index contributed by atoms with van der Waals surface area (Å²) >= 11 is 3.44.